The fourth-order valence-corrected chi connectivity index (χ4v) is 3.02. The van der Waals surface area contributed by atoms with Crippen molar-refractivity contribution in [2.45, 2.75) is 39.2 Å². The second kappa shape index (κ2) is 13.4. The molecule has 26 heavy (non-hydrogen) atoms. The number of amides is 1. The van der Waals surface area contributed by atoms with Crippen LogP contribution in [0.4, 0.5) is 4.79 Å². The van der Waals surface area contributed by atoms with Gasteiger partial charge in [-0.15, -0.1) is 0 Å². The Morgan fingerprint density at radius 2 is 1.81 bits per heavy atom. The minimum Gasteiger partial charge on any atom is -0.480 e. The lowest BCUT2D eigenvalue weighted by Gasteiger charge is -2.17. The van der Waals surface area contributed by atoms with Crippen LogP contribution in [0.5, 0.6) is 0 Å². The first-order valence-electron chi connectivity index (χ1n) is 8.57. The van der Waals surface area contributed by atoms with Crippen LogP contribution in [0.3, 0.4) is 0 Å². The number of nitrogens with one attached hydrogen (secondary N) is 1. The third kappa shape index (κ3) is 9.65. The number of carboxylic acids is 1. The van der Waals surface area contributed by atoms with E-state index in [1.54, 1.807) is 0 Å². The van der Waals surface area contributed by atoms with Crippen molar-refractivity contribution >= 4 is 23.8 Å². The van der Waals surface area contributed by atoms with Crippen molar-refractivity contribution in [1.82, 2.24) is 5.32 Å². The lowest BCUT2D eigenvalue weighted by molar-refractivity contribution is -0.139. The number of rotatable bonds is 13. The van der Waals surface area contributed by atoms with Gasteiger partial charge in [-0.05, 0) is 31.6 Å². The molecule has 0 aliphatic rings. The molecule has 2 N–H and O–H groups in total. The van der Waals surface area contributed by atoms with Crippen molar-refractivity contribution in [3.8, 4) is 0 Å². The molecule has 0 aliphatic carbocycles. The first kappa shape index (κ1) is 22.3. The third-order valence-corrected chi connectivity index (χ3v) is 4.35. The zero-order valence-electron chi connectivity index (χ0n) is 15.2. The van der Waals surface area contributed by atoms with E-state index >= 15 is 0 Å². The molecule has 1 aromatic carbocycles. The minimum absolute atomic E-state index is 0.0954. The highest BCUT2D eigenvalue weighted by atomic mass is 32.2. The van der Waals surface area contributed by atoms with Gasteiger partial charge < -0.3 is 24.6 Å². The molecule has 0 aliphatic heterocycles. The Labute approximate surface area is 158 Å². The maximum absolute atomic E-state index is 11.8. The molecule has 1 atom stereocenters. The molecule has 0 aromatic heterocycles. The average Bonchev–Trinajstić information content (AvgIpc) is 2.63. The van der Waals surface area contributed by atoms with Crippen LogP contribution in [0.2, 0.25) is 0 Å². The van der Waals surface area contributed by atoms with Crippen LogP contribution in [-0.4, -0.2) is 54.2 Å². The Morgan fingerprint density at radius 1 is 1.15 bits per heavy atom. The molecule has 1 unspecified atom stereocenters. The van der Waals surface area contributed by atoms with Crippen molar-refractivity contribution in [2.24, 2.45) is 0 Å². The Balaban J connectivity index is 2.31. The summed E-state index contributed by atoms with van der Waals surface area (Å²) in [6.45, 7) is 4.98. The summed E-state index contributed by atoms with van der Waals surface area (Å²) in [7, 11) is 0. The molecule has 0 saturated heterocycles. The van der Waals surface area contributed by atoms with Crippen LogP contribution in [0.25, 0.3) is 0 Å². The smallest absolute Gasteiger partial charge is 0.408 e. The van der Waals surface area contributed by atoms with Gasteiger partial charge in [0.05, 0.1) is 0 Å². The number of carbonyl (C=O) groups is 2. The minimum atomic E-state index is -1.09. The Kier molecular flexibility index (Phi) is 11.5. The number of aliphatic carboxylic acids is 1. The number of carboxylic acid groups (broad SMARTS) is 1. The van der Waals surface area contributed by atoms with Gasteiger partial charge in [0.25, 0.3) is 0 Å². The van der Waals surface area contributed by atoms with E-state index < -0.39 is 18.1 Å². The maximum Gasteiger partial charge on any atom is 0.408 e. The van der Waals surface area contributed by atoms with Gasteiger partial charge in [0.2, 0.25) is 0 Å². The van der Waals surface area contributed by atoms with E-state index in [1.165, 1.54) is 11.8 Å². The van der Waals surface area contributed by atoms with E-state index in [9.17, 15) is 14.7 Å². The molecular formula is C18H27NO6S. The van der Waals surface area contributed by atoms with Crippen LogP contribution in [0.1, 0.15) is 25.8 Å². The van der Waals surface area contributed by atoms with E-state index in [2.05, 4.69) is 5.32 Å². The van der Waals surface area contributed by atoms with Crippen LogP contribution in [-0.2, 0) is 25.6 Å². The first-order chi connectivity index (χ1) is 12.6. The molecule has 0 radical (unpaired) electrons. The van der Waals surface area contributed by atoms with E-state index in [-0.39, 0.29) is 19.3 Å². The summed E-state index contributed by atoms with van der Waals surface area (Å²) in [5.41, 5.74) is 0.836. The number of hydrogen-bond donors (Lipinski definition) is 2. The first-order valence-corrected chi connectivity index (χ1v) is 9.73. The summed E-state index contributed by atoms with van der Waals surface area (Å²) in [5, 5.41) is 11.6. The molecule has 7 nitrogen and oxygen atoms in total. The van der Waals surface area contributed by atoms with Gasteiger partial charge in [0, 0.05) is 19.0 Å². The molecule has 0 spiro atoms. The maximum atomic E-state index is 11.8. The van der Waals surface area contributed by atoms with E-state index in [0.29, 0.717) is 24.7 Å². The largest absolute Gasteiger partial charge is 0.480 e. The molecule has 8 heteroatoms. The quantitative estimate of drug-likeness (QED) is 0.398. The highest BCUT2D eigenvalue weighted by Gasteiger charge is 2.20. The molecular weight excluding hydrogens is 358 g/mol. The predicted molar refractivity (Wildman–Crippen MR) is 100 cm³/mol. The van der Waals surface area contributed by atoms with Gasteiger partial charge in [-0.1, -0.05) is 30.3 Å². The van der Waals surface area contributed by atoms with Gasteiger partial charge in [0.1, 0.15) is 12.6 Å². The van der Waals surface area contributed by atoms with Crippen molar-refractivity contribution in [2.75, 3.05) is 24.7 Å². The molecule has 1 rings (SSSR count). The average molecular weight is 385 g/mol. The molecule has 0 saturated carbocycles. The highest BCUT2D eigenvalue weighted by molar-refractivity contribution is 7.99. The molecule has 0 bridgehead atoms. The Hall–Kier alpha value is -1.77. The summed E-state index contributed by atoms with van der Waals surface area (Å²) >= 11 is 1.52. The van der Waals surface area contributed by atoms with Crippen molar-refractivity contribution in [3.63, 3.8) is 0 Å². The number of hydrogen-bond acceptors (Lipinski definition) is 6. The van der Waals surface area contributed by atoms with Crippen LogP contribution < -0.4 is 5.32 Å². The molecule has 1 amide bonds. The zero-order valence-corrected chi connectivity index (χ0v) is 16.0. The molecule has 0 fully saturated rings. The summed E-state index contributed by atoms with van der Waals surface area (Å²) in [6.07, 6.45) is -0.763. The topological polar surface area (TPSA) is 94.1 Å². The van der Waals surface area contributed by atoms with Gasteiger partial charge in [0.15, 0.2) is 6.29 Å². The molecule has 146 valence electrons. The molecule has 0 heterocycles. The van der Waals surface area contributed by atoms with Crippen LogP contribution in [0, 0.1) is 0 Å². The summed E-state index contributed by atoms with van der Waals surface area (Å²) in [5.74, 6) is 0.0624. The Bertz CT molecular complexity index is 522. The highest BCUT2D eigenvalue weighted by Crippen LogP contribution is 2.11. The summed E-state index contributed by atoms with van der Waals surface area (Å²) < 4.78 is 15.9. The number of benzene rings is 1. The fourth-order valence-electron chi connectivity index (χ4n) is 2.06. The van der Waals surface area contributed by atoms with Crippen molar-refractivity contribution in [3.05, 3.63) is 35.9 Å². The number of thioether (sulfide) groups is 1. The van der Waals surface area contributed by atoms with Crippen LogP contribution >= 0.6 is 11.8 Å². The van der Waals surface area contributed by atoms with Gasteiger partial charge in [-0.3, -0.25) is 0 Å². The van der Waals surface area contributed by atoms with Crippen molar-refractivity contribution < 1.29 is 28.9 Å². The normalized spacial score (nSPS) is 12.0. The Morgan fingerprint density at radius 3 is 2.38 bits per heavy atom. The van der Waals surface area contributed by atoms with E-state index in [1.807, 2.05) is 44.2 Å². The lowest BCUT2D eigenvalue weighted by atomic mass is 10.2. The molecule has 1 aromatic rings. The number of ether oxygens (including phenoxy) is 3. The van der Waals surface area contributed by atoms with Crippen LogP contribution in [0.15, 0.2) is 30.3 Å². The summed E-state index contributed by atoms with van der Waals surface area (Å²) in [6, 6.07) is 8.20. The second-order valence-corrected chi connectivity index (χ2v) is 6.45. The second-order valence-electron chi connectivity index (χ2n) is 5.30. The summed E-state index contributed by atoms with van der Waals surface area (Å²) in [4.78, 5) is 23.1. The number of alkyl carbamates (subject to hydrolysis) is 1. The van der Waals surface area contributed by atoms with Gasteiger partial charge in [-0.2, -0.15) is 11.8 Å². The lowest BCUT2D eigenvalue weighted by Crippen LogP contribution is -2.41. The fraction of sp³-hybridized carbons (Fsp3) is 0.556. The standard InChI is InChI=1S/C18H27NO6S/c1-3-23-16(24-4-2)13-26-11-10-15(17(20)21)19-18(22)25-12-14-8-6-5-7-9-14/h5-9,15-16H,3-4,10-13H2,1-2H3,(H,19,22)(H,20,21). The third-order valence-electron chi connectivity index (χ3n) is 3.31. The predicted octanol–water partition coefficient (Wildman–Crippen LogP) is 2.89. The van der Waals surface area contributed by atoms with Gasteiger partial charge >= 0.3 is 12.1 Å². The van der Waals surface area contributed by atoms with Crippen molar-refractivity contribution in [1.29, 1.82) is 0 Å². The van der Waals surface area contributed by atoms with Gasteiger partial charge in [-0.25, -0.2) is 9.59 Å². The van der Waals surface area contributed by atoms with E-state index in [0.717, 1.165) is 5.56 Å². The number of carbonyl (C=O) groups excluding carboxylic acids is 1. The van der Waals surface area contributed by atoms with E-state index in [4.69, 9.17) is 14.2 Å². The SMILES string of the molecule is CCOC(CSCCC(NC(=O)OCc1ccccc1)C(=O)O)OCC. The zero-order chi connectivity index (χ0) is 19.2. The monoisotopic (exact) mass is 385 g/mol.